The number of benzene rings is 1. The van der Waals surface area contributed by atoms with Crippen LogP contribution in [0.25, 0.3) is 11.3 Å². The summed E-state index contributed by atoms with van der Waals surface area (Å²) in [4.78, 5) is 31.6. The second-order valence-corrected chi connectivity index (χ2v) is 7.99. The third-order valence-corrected chi connectivity index (χ3v) is 5.24. The van der Waals surface area contributed by atoms with Crippen molar-refractivity contribution in [2.75, 3.05) is 13.1 Å². The average molecular weight is 380 g/mol. The zero-order chi connectivity index (χ0) is 20.1. The maximum atomic E-state index is 12.9. The Kier molecular flexibility index (Phi) is 6.57. The number of rotatable bonds is 6. The van der Waals surface area contributed by atoms with E-state index in [4.69, 9.17) is 5.73 Å². The number of nitrogens with zero attached hydrogens (tertiary/aromatic N) is 2. The van der Waals surface area contributed by atoms with E-state index in [1.807, 2.05) is 36.4 Å². The van der Waals surface area contributed by atoms with Crippen molar-refractivity contribution in [3.63, 3.8) is 0 Å². The Hall–Kier alpha value is -2.53. The first-order valence-electron chi connectivity index (χ1n) is 10.1. The molecule has 1 aromatic carbocycles. The molecule has 5 nitrogen and oxygen atoms in total. The normalized spacial score (nSPS) is 17.0. The van der Waals surface area contributed by atoms with E-state index in [0.717, 1.165) is 29.7 Å². The van der Waals surface area contributed by atoms with Crippen molar-refractivity contribution >= 4 is 11.7 Å². The molecule has 0 aliphatic carbocycles. The van der Waals surface area contributed by atoms with Crippen LogP contribution in [0.1, 0.15) is 49.0 Å². The highest BCUT2D eigenvalue weighted by atomic mass is 16.2. The first kappa shape index (κ1) is 20.2. The van der Waals surface area contributed by atoms with E-state index in [9.17, 15) is 9.59 Å². The molecule has 2 heterocycles. The van der Waals surface area contributed by atoms with Crippen LogP contribution < -0.4 is 5.73 Å². The molecule has 148 valence electrons. The lowest BCUT2D eigenvalue weighted by Crippen LogP contribution is -2.42. The van der Waals surface area contributed by atoms with Crippen LogP contribution in [0.4, 0.5) is 0 Å². The largest absolute Gasteiger partial charge is 0.338 e. The van der Waals surface area contributed by atoms with Crippen LogP contribution in [-0.2, 0) is 11.3 Å². The first-order valence-corrected chi connectivity index (χ1v) is 10.1. The molecule has 1 fully saturated rings. The van der Waals surface area contributed by atoms with E-state index < -0.39 is 0 Å². The molecule has 2 N–H and O–H groups in total. The minimum atomic E-state index is -0.0446. The molecule has 0 bridgehead atoms. The summed E-state index contributed by atoms with van der Waals surface area (Å²) < 4.78 is 0. The molecule has 1 aromatic heterocycles. The fourth-order valence-corrected chi connectivity index (χ4v) is 3.72. The van der Waals surface area contributed by atoms with Crippen molar-refractivity contribution in [2.24, 2.45) is 17.6 Å². The molecule has 1 saturated heterocycles. The molecule has 5 heteroatoms. The van der Waals surface area contributed by atoms with Crippen LogP contribution in [0.15, 0.2) is 42.6 Å². The zero-order valence-corrected chi connectivity index (χ0v) is 16.7. The standard InChI is InChI=1S/C23H29N3O2/c1-16(2)11-22(27)20-7-4-10-26(15-20)23(28)19-8-9-21(25-14-19)18-6-3-5-17(12-18)13-24/h3,5-6,8-9,12,14,16,20H,4,7,10-11,13,15,24H2,1-2H3/t20-/m0/s1. The summed E-state index contributed by atoms with van der Waals surface area (Å²) in [5.74, 6) is 0.553. The Bertz CT molecular complexity index is 830. The highest BCUT2D eigenvalue weighted by Crippen LogP contribution is 2.23. The van der Waals surface area contributed by atoms with Gasteiger partial charge in [-0.1, -0.05) is 32.0 Å². The van der Waals surface area contributed by atoms with Gasteiger partial charge in [0.2, 0.25) is 0 Å². The predicted octanol–water partition coefficient (Wildman–Crippen LogP) is 3.67. The van der Waals surface area contributed by atoms with Gasteiger partial charge in [-0.25, -0.2) is 0 Å². The Morgan fingerprint density at radius 1 is 1.25 bits per heavy atom. The van der Waals surface area contributed by atoms with E-state index in [-0.39, 0.29) is 17.6 Å². The predicted molar refractivity (Wildman–Crippen MR) is 111 cm³/mol. The van der Waals surface area contributed by atoms with Crippen molar-refractivity contribution in [1.29, 1.82) is 0 Å². The van der Waals surface area contributed by atoms with E-state index in [1.165, 1.54) is 0 Å². The van der Waals surface area contributed by atoms with Gasteiger partial charge in [-0.15, -0.1) is 0 Å². The Balaban J connectivity index is 1.69. The summed E-state index contributed by atoms with van der Waals surface area (Å²) in [6.07, 6.45) is 3.97. The number of carbonyl (C=O) groups is 2. The number of Topliss-reactive ketones (excluding diaryl/α,β-unsaturated/α-hetero) is 1. The monoisotopic (exact) mass is 379 g/mol. The van der Waals surface area contributed by atoms with Gasteiger partial charge >= 0.3 is 0 Å². The molecular formula is C23H29N3O2. The van der Waals surface area contributed by atoms with Crippen LogP contribution in [0.2, 0.25) is 0 Å². The van der Waals surface area contributed by atoms with Crippen LogP contribution in [0.3, 0.4) is 0 Å². The fourth-order valence-electron chi connectivity index (χ4n) is 3.72. The molecule has 0 saturated carbocycles. The third kappa shape index (κ3) is 4.84. The van der Waals surface area contributed by atoms with Crippen molar-refractivity contribution in [3.8, 4) is 11.3 Å². The average Bonchev–Trinajstić information content (AvgIpc) is 2.73. The smallest absolute Gasteiger partial charge is 0.255 e. The number of amides is 1. The molecule has 1 atom stereocenters. The lowest BCUT2D eigenvalue weighted by molar-refractivity contribution is -0.124. The molecule has 0 radical (unpaired) electrons. The highest BCUT2D eigenvalue weighted by Gasteiger charge is 2.29. The molecule has 2 aromatic rings. The number of hydrogen-bond donors (Lipinski definition) is 1. The van der Waals surface area contributed by atoms with Crippen molar-refractivity contribution < 1.29 is 9.59 Å². The first-order chi connectivity index (χ1) is 13.5. The Morgan fingerprint density at radius 3 is 2.75 bits per heavy atom. The summed E-state index contributed by atoms with van der Waals surface area (Å²) in [6, 6.07) is 11.6. The number of carbonyl (C=O) groups excluding carboxylic acids is 2. The minimum absolute atomic E-state index is 0.0358. The molecule has 3 rings (SSSR count). The van der Waals surface area contributed by atoms with Crippen LogP contribution in [-0.4, -0.2) is 34.7 Å². The van der Waals surface area contributed by atoms with Crippen molar-refractivity contribution in [1.82, 2.24) is 9.88 Å². The van der Waals surface area contributed by atoms with Gasteiger partial charge in [0, 0.05) is 43.7 Å². The SMILES string of the molecule is CC(C)CC(=O)[C@H]1CCCN(C(=O)c2ccc(-c3cccc(CN)c3)nc2)C1. The van der Waals surface area contributed by atoms with Crippen LogP contribution in [0.5, 0.6) is 0 Å². The van der Waals surface area contributed by atoms with Gasteiger partial charge in [-0.3, -0.25) is 14.6 Å². The summed E-state index contributed by atoms with van der Waals surface area (Å²) >= 11 is 0. The van der Waals surface area contributed by atoms with Crippen molar-refractivity contribution in [2.45, 2.75) is 39.7 Å². The van der Waals surface area contributed by atoms with Gasteiger partial charge in [-0.05, 0) is 42.5 Å². The molecule has 1 amide bonds. The van der Waals surface area contributed by atoms with Gasteiger partial charge in [0.25, 0.3) is 5.91 Å². The number of ketones is 1. The maximum absolute atomic E-state index is 12.9. The molecular weight excluding hydrogens is 350 g/mol. The molecule has 0 spiro atoms. The van der Waals surface area contributed by atoms with Gasteiger partial charge in [0.05, 0.1) is 11.3 Å². The summed E-state index contributed by atoms with van der Waals surface area (Å²) in [6.45, 7) is 5.81. The van der Waals surface area contributed by atoms with Gasteiger partial charge < -0.3 is 10.6 Å². The molecule has 28 heavy (non-hydrogen) atoms. The summed E-state index contributed by atoms with van der Waals surface area (Å²) in [7, 11) is 0. The number of likely N-dealkylation sites (tertiary alicyclic amines) is 1. The zero-order valence-electron chi connectivity index (χ0n) is 16.7. The fraction of sp³-hybridized carbons (Fsp3) is 0.435. The second kappa shape index (κ2) is 9.11. The molecule has 1 aliphatic heterocycles. The van der Waals surface area contributed by atoms with E-state index >= 15 is 0 Å². The number of pyridine rings is 1. The highest BCUT2D eigenvalue weighted by molar-refractivity contribution is 5.94. The van der Waals surface area contributed by atoms with Crippen LogP contribution >= 0.6 is 0 Å². The topological polar surface area (TPSA) is 76.3 Å². The maximum Gasteiger partial charge on any atom is 0.255 e. The Morgan fingerprint density at radius 2 is 2.07 bits per heavy atom. The van der Waals surface area contributed by atoms with Gasteiger partial charge in [0.15, 0.2) is 0 Å². The van der Waals surface area contributed by atoms with Crippen molar-refractivity contribution in [3.05, 3.63) is 53.7 Å². The number of nitrogens with two attached hydrogens (primary N) is 1. The molecule has 1 aliphatic rings. The van der Waals surface area contributed by atoms with Crippen LogP contribution in [0, 0.1) is 11.8 Å². The third-order valence-electron chi connectivity index (χ3n) is 5.24. The van der Waals surface area contributed by atoms with Gasteiger partial charge in [0.1, 0.15) is 5.78 Å². The quantitative estimate of drug-likeness (QED) is 0.831. The van der Waals surface area contributed by atoms with E-state index in [0.29, 0.717) is 37.5 Å². The van der Waals surface area contributed by atoms with Gasteiger partial charge in [-0.2, -0.15) is 0 Å². The second-order valence-electron chi connectivity index (χ2n) is 7.99. The number of hydrogen-bond acceptors (Lipinski definition) is 4. The molecule has 0 unspecified atom stereocenters. The van der Waals surface area contributed by atoms with E-state index in [1.54, 1.807) is 11.1 Å². The lowest BCUT2D eigenvalue weighted by Gasteiger charge is -2.32. The summed E-state index contributed by atoms with van der Waals surface area (Å²) in [5, 5.41) is 0. The summed E-state index contributed by atoms with van der Waals surface area (Å²) in [5.41, 5.74) is 9.12. The minimum Gasteiger partial charge on any atom is -0.338 e. The van der Waals surface area contributed by atoms with E-state index in [2.05, 4.69) is 18.8 Å². The number of aromatic nitrogens is 1. The Labute approximate surface area is 167 Å². The lowest BCUT2D eigenvalue weighted by atomic mass is 9.89. The number of piperidine rings is 1.